The highest BCUT2D eigenvalue weighted by Crippen LogP contribution is 2.25. The maximum absolute atomic E-state index is 13.0. The van der Waals surface area contributed by atoms with Gasteiger partial charge in [0.1, 0.15) is 0 Å². The Morgan fingerprint density at radius 3 is 2.32 bits per heavy atom. The Kier molecular flexibility index (Phi) is 4.80. The van der Waals surface area contributed by atoms with Crippen molar-refractivity contribution in [3.8, 4) is 0 Å². The summed E-state index contributed by atoms with van der Waals surface area (Å²) in [5.41, 5.74) is 3.23. The Labute approximate surface area is 146 Å². The fraction of sp³-hybridized carbons (Fsp3) is 0.143. The third kappa shape index (κ3) is 3.69. The number of Topliss-reactive ketones (excluding diaryl/α,β-unsaturated/α-hetero) is 1. The van der Waals surface area contributed by atoms with Crippen LogP contribution in [-0.4, -0.2) is 11.8 Å². The van der Waals surface area contributed by atoms with Gasteiger partial charge in [0, 0.05) is 11.1 Å². The number of esters is 1. The van der Waals surface area contributed by atoms with Crippen molar-refractivity contribution >= 4 is 11.8 Å². The Morgan fingerprint density at radius 2 is 1.68 bits per heavy atom. The molecular weight excluding hydrogens is 316 g/mol. The molecule has 126 valence electrons. The molecule has 0 aliphatic rings. The van der Waals surface area contributed by atoms with E-state index in [1.807, 2.05) is 32.0 Å². The van der Waals surface area contributed by atoms with Crippen LogP contribution in [0, 0.1) is 13.8 Å². The SMILES string of the molecule is Cc1ccc(C(=O)[C@H](OC(=O)c2ccco2)c2ccccc2)cc1C. The molecule has 0 unspecified atom stereocenters. The smallest absolute Gasteiger partial charge is 0.375 e. The van der Waals surface area contributed by atoms with Crippen molar-refractivity contribution in [2.75, 3.05) is 0 Å². The van der Waals surface area contributed by atoms with Crippen molar-refractivity contribution in [1.82, 2.24) is 0 Å². The third-order valence-corrected chi connectivity index (χ3v) is 4.08. The number of aryl methyl sites for hydroxylation is 2. The number of hydrogen-bond acceptors (Lipinski definition) is 4. The van der Waals surface area contributed by atoms with Gasteiger partial charge in [-0.15, -0.1) is 0 Å². The molecule has 0 aliphatic carbocycles. The summed E-state index contributed by atoms with van der Waals surface area (Å²) in [6, 6.07) is 17.5. The molecule has 0 amide bonds. The molecule has 0 radical (unpaired) electrons. The standard InChI is InChI=1S/C21H18O4/c1-14-10-11-17(13-15(14)2)19(22)20(16-7-4-3-5-8-16)25-21(23)18-9-6-12-24-18/h3-13,20H,1-2H3/t20-/m1/s1. The summed E-state index contributed by atoms with van der Waals surface area (Å²) in [4.78, 5) is 25.3. The van der Waals surface area contributed by atoms with E-state index in [1.165, 1.54) is 12.3 Å². The second-order valence-electron chi connectivity index (χ2n) is 5.84. The number of hydrogen-bond donors (Lipinski definition) is 0. The number of carbonyl (C=O) groups excluding carboxylic acids is 2. The number of carbonyl (C=O) groups is 2. The summed E-state index contributed by atoms with van der Waals surface area (Å²) in [5, 5.41) is 0. The van der Waals surface area contributed by atoms with Gasteiger partial charge in [-0.2, -0.15) is 0 Å². The predicted octanol–water partition coefficient (Wildman–Crippen LogP) is 4.68. The van der Waals surface area contributed by atoms with Crippen molar-refractivity contribution < 1.29 is 18.7 Å². The largest absolute Gasteiger partial charge is 0.457 e. The predicted molar refractivity (Wildman–Crippen MR) is 93.6 cm³/mol. The Hall–Kier alpha value is -3.14. The van der Waals surface area contributed by atoms with Gasteiger partial charge in [-0.25, -0.2) is 4.79 Å². The average molecular weight is 334 g/mol. The molecule has 3 aromatic rings. The topological polar surface area (TPSA) is 56.5 Å². The van der Waals surface area contributed by atoms with E-state index in [1.54, 1.807) is 36.4 Å². The van der Waals surface area contributed by atoms with Crippen LogP contribution in [0.1, 0.15) is 43.7 Å². The fourth-order valence-corrected chi connectivity index (χ4v) is 2.51. The van der Waals surface area contributed by atoms with Crippen LogP contribution in [0.15, 0.2) is 71.3 Å². The van der Waals surface area contributed by atoms with Crippen LogP contribution in [0.3, 0.4) is 0 Å². The minimum absolute atomic E-state index is 0.0637. The zero-order valence-corrected chi connectivity index (χ0v) is 14.1. The summed E-state index contributed by atoms with van der Waals surface area (Å²) in [6.07, 6.45) is 0.361. The Morgan fingerprint density at radius 1 is 0.920 bits per heavy atom. The minimum Gasteiger partial charge on any atom is -0.457 e. The van der Waals surface area contributed by atoms with E-state index in [0.717, 1.165) is 11.1 Å². The second-order valence-corrected chi connectivity index (χ2v) is 5.84. The van der Waals surface area contributed by atoms with Crippen molar-refractivity contribution in [2.24, 2.45) is 0 Å². The van der Waals surface area contributed by atoms with Gasteiger partial charge in [0.05, 0.1) is 6.26 Å². The van der Waals surface area contributed by atoms with E-state index < -0.39 is 12.1 Å². The fourth-order valence-electron chi connectivity index (χ4n) is 2.51. The first-order valence-corrected chi connectivity index (χ1v) is 7.97. The lowest BCUT2D eigenvalue weighted by atomic mass is 9.97. The molecular formula is C21H18O4. The van der Waals surface area contributed by atoms with Crippen LogP contribution in [0.25, 0.3) is 0 Å². The summed E-state index contributed by atoms with van der Waals surface area (Å²) < 4.78 is 10.6. The molecule has 1 heterocycles. The summed E-state index contributed by atoms with van der Waals surface area (Å²) in [6.45, 7) is 3.92. The van der Waals surface area contributed by atoms with Crippen LogP contribution >= 0.6 is 0 Å². The first-order chi connectivity index (χ1) is 12.1. The molecule has 0 saturated carbocycles. The third-order valence-electron chi connectivity index (χ3n) is 4.08. The molecule has 0 spiro atoms. The summed E-state index contributed by atoms with van der Waals surface area (Å²) in [5.74, 6) is -0.876. The van der Waals surface area contributed by atoms with Crippen molar-refractivity contribution in [3.63, 3.8) is 0 Å². The molecule has 0 saturated heterocycles. The van der Waals surface area contributed by atoms with Crippen LogP contribution in [0.2, 0.25) is 0 Å². The van der Waals surface area contributed by atoms with Gasteiger partial charge in [-0.1, -0.05) is 42.5 Å². The molecule has 4 heteroatoms. The van der Waals surface area contributed by atoms with Crippen molar-refractivity contribution in [2.45, 2.75) is 20.0 Å². The average Bonchev–Trinajstić information content (AvgIpc) is 3.17. The van der Waals surface area contributed by atoms with Crippen LogP contribution < -0.4 is 0 Å². The second kappa shape index (κ2) is 7.18. The van der Waals surface area contributed by atoms with E-state index in [9.17, 15) is 9.59 Å². The van der Waals surface area contributed by atoms with Gasteiger partial charge in [0.25, 0.3) is 0 Å². The molecule has 3 rings (SSSR count). The van der Waals surface area contributed by atoms with Crippen LogP contribution in [0.5, 0.6) is 0 Å². The first-order valence-electron chi connectivity index (χ1n) is 7.97. The molecule has 2 aromatic carbocycles. The normalized spacial score (nSPS) is 11.8. The molecule has 1 aromatic heterocycles. The highest BCUT2D eigenvalue weighted by Gasteiger charge is 2.27. The highest BCUT2D eigenvalue weighted by atomic mass is 16.6. The van der Waals surface area contributed by atoms with E-state index >= 15 is 0 Å². The van der Waals surface area contributed by atoms with Gasteiger partial charge in [-0.05, 0) is 43.2 Å². The molecule has 25 heavy (non-hydrogen) atoms. The maximum atomic E-state index is 13.0. The lowest BCUT2D eigenvalue weighted by molar-refractivity contribution is 0.0250. The molecule has 0 fully saturated rings. The number of ether oxygens (including phenoxy) is 1. The van der Waals surface area contributed by atoms with Crippen LogP contribution in [-0.2, 0) is 4.74 Å². The van der Waals surface area contributed by atoms with Crippen molar-refractivity contribution in [3.05, 3.63) is 94.9 Å². The van der Waals surface area contributed by atoms with Gasteiger partial charge in [-0.3, -0.25) is 4.79 Å². The van der Waals surface area contributed by atoms with Crippen molar-refractivity contribution in [1.29, 1.82) is 0 Å². The number of benzene rings is 2. The lowest BCUT2D eigenvalue weighted by Crippen LogP contribution is -2.20. The number of rotatable bonds is 5. The van der Waals surface area contributed by atoms with Crippen LogP contribution in [0.4, 0.5) is 0 Å². The van der Waals surface area contributed by atoms with E-state index in [4.69, 9.17) is 9.15 Å². The molecule has 0 bridgehead atoms. The van der Waals surface area contributed by atoms with Gasteiger partial charge >= 0.3 is 5.97 Å². The maximum Gasteiger partial charge on any atom is 0.375 e. The molecule has 0 N–H and O–H groups in total. The molecule has 4 nitrogen and oxygen atoms in total. The Balaban J connectivity index is 1.94. The minimum atomic E-state index is -1.03. The lowest BCUT2D eigenvalue weighted by Gasteiger charge is -2.17. The monoisotopic (exact) mass is 334 g/mol. The quantitative estimate of drug-likeness (QED) is 0.502. The van der Waals surface area contributed by atoms with E-state index in [-0.39, 0.29) is 11.5 Å². The molecule has 0 aliphatic heterocycles. The zero-order chi connectivity index (χ0) is 17.8. The number of ketones is 1. The summed E-state index contributed by atoms with van der Waals surface area (Å²) in [7, 11) is 0. The highest BCUT2D eigenvalue weighted by molar-refractivity contribution is 6.02. The zero-order valence-electron chi connectivity index (χ0n) is 14.1. The summed E-state index contributed by atoms with van der Waals surface area (Å²) >= 11 is 0. The first kappa shape index (κ1) is 16.7. The van der Waals surface area contributed by atoms with Gasteiger partial charge in [0.15, 0.2) is 6.10 Å². The van der Waals surface area contributed by atoms with E-state index in [2.05, 4.69) is 0 Å². The van der Waals surface area contributed by atoms with Gasteiger partial charge < -0.3 is 9.15 Å². The van der Waals surface area contributed by atoms with Gasteiger partial charge in [0.2, 0.25) is 11.5 Å². The van der Waals surface area contributed by atoms with E-state index in [0.29, 0.717) is 11.1 Å². The number of furan rings is 1. The Bertz CT molecular complexity index is 880. The molecule has 1 atom stereocenters.